The highest BCUT2D eigenvalue weighted by Crippen LogP contribution is 2.27. The van der Waals surface area contributed by atoms with Crippen molar-refractivity contribution in [2.24, 2.45) is 5.73 Å². The number of amides is 2. The number of ether oxygens (including phenoxy) is 1. The molecule has 170 valence electrons. The van der Waals surface area contributed by atoms with Gasteiger partial charge in [0.2, 0.25) is 5.91 Å². The van der Waals surface area contributed by atoms with Crippen molar-refractivity contribution >= 4 is 34.4 Å². The van der Waals surface area contributed by atoms with Crippen molar-refractivity contribution in [2.75, 3.05) is 6.61 Å². The molecular formula is C23H22N4O6. The number of hydrogen-bond acceptors (Lipinski definition) is 7. The lowest BCUT2D eigenvalue weighted by Crippen LogP contribution is -2.49. The molecule has 3 aromatic rings. The maximum absolute atomic E-state index is 12.9. The van der Waals surface area contributed by atoms with Crippen LogP contribution >= 0.6 is 0 Å². The number of aromatic nitrogens is 1. The van der Waals surface area contributed by atoms with Crippen molar-refractivity contribution in [2.45, 2.75) is 25.3 Å². The van der Waals surface area contributed by atoms with E-state index in [1.54, 1.807) is 25.1 Å². The number of hydrogen-bond donors (Lipinski definition) is 2. The lowest BCUT2D eigenvalue weighted by atomic mass is 9.87. The lowest BCUT2D eigenvalue weighted by Gasteiger charge is -2.25. The van der Waals surface area contributed by atoms with E-state index in [1.165, 1.54) is 30.3 Å². The number of nitro benzene ring substituents is 1. The van der Waals surface area contributed by atoms with Gasteiger partial charge >= 0.3 is 5.97 Å². The number of nitrogens with two attached hydrogens (primary N) is 1. The Morgan fingerprint density at radius 2 is 1.79 bits per heavy atom. The van der Waals surface area contributed by atoms with E-state index in [2.05, 4.69) is 10.3 Å². The molecule has 2 amide bonds. The molecule has 2 atom stereocenters. The molecule has 10 nitrogen and oxygen atoms in total. The summed E-state index contributed by atoms with van der Waals surface area (Å²) in [4.78, 5) is 52.2. The Bertz CT molecular complexity index is 1200. The Morgan fingerprint density at radius 1 is 1.09 bits per heavy atom. The molecule has 0 unspecified atom stereocenters. The summed E-state index contributed by atoms with van der Waals surface area (Å²) in [6, 6.07) is 14.5. The topological polar surface area (TPSA) is 155 Å². The fraction of sp³-hybridized carbons (Fsp3) is 0.217. The fourth-order valence-corrected chi connectivity index (χ4v) is 3.45. The van der Waals surface area contributed by atoms with Crippen molar-refractivity contribution in [1.29, 1.82) is 0 Å². The van der Waals surface area contributed by atoms with Crippen LogP contribution in [0.15, 0.2) is 60.7 Å². The zero-order valence-corrected chi connectivity index (χ0v) is 17.8. The molecular weight excluding hydrogens is 428 g/mol. The summed E-state index contributed by atoms with van der Waals surface area (Å²) in [6.45, 7) is 1.76. The van der Waals surface area contributed by atoms with Gasteiger partial charge in [-0.15, -0.1) is 0 Å². The van der Waals surface area contributed by atoms with E-state index < -0.39 is 34.7 Å². The number of para-hydroxylation sites is 1. The van der Waals surface area contributed by atoms with Gasteiger partial charge in [-0.2, -0.15) is 0 Å². The molecule has 0 bridgehead atoms. The molecule has 0 aliphatic rings. The Labute approximate surface area is 188 Å². The van der Waals surface area contributed by atoms with Crippen molar-refractivity contribution < 1.29 is 24.0 Å². The van der Waals surface area contributed by atoms with Crippen LogP contribution in [0.4, 0.5) is 5.69 Å². The summed E-state index contributed by atoms with van der Waals surface area (Å²) in [5.74, 6) is -3.05. The van der Waals surface area contributed by atoms with Crippen molar-refractivity contribution in [3.05, 3.63) is 82.0 Å². The van der Waals surface area contributed by atoms with Gasteiger partial charge in [-0.05, 0) is 24.6 Å². The molecule has 0 saturated carbocycles. The van der Waals surface area contributed by atoms with Crippen LogP contribution in [-0.4, -0.2) is 40.3 Å². The average Bonchev–Trinajstić information content (AvgIpc) is 2.81. The van der Waals surface area contributed by atoms with Crippen LogP contribution in [0.3, 0.4) is 0 Å². The highest BCUT2D eigenvalue weighted by atomic mass is 16.6. The summed E-state index contributed by atoms with van der Waals surface area (Å²) in [5, 5.41) is 14.4. The van der Waals surface area contributed by atoms with Gasteiger partial charge in [0.15, 0.2) is 0 Å². The molecule has 0 aliphatic heterocycles. The van der Waals surface area contributed by atoms with Gasteiger partial charge in [0.1, 0.15) is 11.7 Å². The molecule has 1 heterocycles. The first kappa shape index (κ1) is 23.3. The van der Waals surface area contributed by atoms with Crippen LogP contribution in [0.1, 0.15) is 35.3 Å². The molecule has 0 radical (unpaired) electrons. The highest BCUT2D eigenvalue weighted by molar-refractivity contribution is 5.98. The first-order valence-corrected chi connectivity index (χ1v) is 10.2. The van der Waals surface area contributed by atoms with Gasteiger partial charge in [0.25, 0.3) is 11.6 Å². The number of pyridine rings is 1. The summed E-state index contributed by atoms with van der Waals surface area (Å²) < 4.78 is 5.00. The van der Waals surface area contributed by atoms with E-state index in [4.69, 9.17) is 10.5 Å². The summed E-state index contributed by atoms with van der Waals surface area (Å²) >= 11 is 0. The molecule has 0 spiro atoms. The van der Waals surface area contributed by atoms with E-state index in [9.17, 15) is 24.5 Å². The summed E-state index contributed by atoms with van der Waals surface area (Å²) in [6.07, 6.45) is -0.273. The van der Waals surface area contributed by atoms with Crippen LogP contribution in [0, 0.1) is 10.1 Å². The Balaban J connectivity index is 1.92. The van der Waals surface area contributed by atoms with Gasteiger partial charge < -0.3 is 15.8 Å². The Kier molecular flexibility index (Phi) is 7.29. The average molecular weight is 450 g/mol. The normalized spacial score (nSPS) is 12.5. The monoisotopic (exact) mass is 450 g/mol. The number of nitrogens with one attached hydrogen (secondary N) is 1. The van der Waals surface area contributed by atoms with Gasteiger partial charge in [-0.1, -0.05) is 36.4 Å². The maximum atomic E-state index is 12.9. The Hall–Kier alpha value is -4.34. The fourth-order valence-electron chi connectivity index (χ4n) is 3.45. The van der Waals surface area contributed by atoms with Crippen LogP contribution in [-0.2, 0) is 14.3 Å². The number of non-ortho nitro benzene ring substituents is 1. The molecule has 33 heavy (non-hydrogen) atoms. The number of fused-ring (bicyclic) bond motifs is 1. The predicted molar refractivity (Wildman–Crippen MR) is 119 cm³/mol. The molecule has 0 fully saturated rings. The smallest absolute Gasteiger partial charge is 0.306 e. The lowest BCUT2D eigenvalue weighted by molar-refractivity contribution is -0.384. The number of benzene rings is 2. The van der Waals surface area contributed by atoms with Crippen molar-refractivity contribution in [3.63, 3.8) is 0 Å². The van der Waals surface area contributed by atoms with Crippen LogP contribution in [0.2, 0.25) is 0 Å². The largest absolute Gasteiger partial charge is 0.466 e. The zero-order chi connectivity index (χ0) is 24.0. The quantitative estimate of drug-likeness (QED) is 0.288. The third-order valence-corrected chi connectivity index (χ3v) is 5.05. The molecule has 3 rings (SSSR count). The second-order valence-corrected chi connectivity index (χ2v) is 7.21. The number of nitro groups is 1. The molecule has 0 saturated heterocycles. The van der Waals surface area contributed by atoms with Gasteiger partial charge in [-0.3, -0.25) is 24.5 Å². The number of nitrogens with zero attached hydrogens (tertiary/aromatic N) is 2. The maximum Gasteiger partial charge on any atom is 0.306 e. The first-order chi connectivity index (χ1) is 15.8. The highest BCUT2D eigenvalue weighted by Gasteiger charge is 2.32. The summed E-state index contributed by atoms with van der Waals surface area (Å²) in [5.41, 5.74) is 6.50. The second-order valence-electron chi connectivity index (χ2n) is 7.21. The molecule has 2 aromatic carbocycles. The summed E-state index contributed by atoms with van der Waals surface area (Å²) in [7, 11) is 0. The third-order valence-electron chi connectivity index (χ3n) is 5.05. The van der Waals surface area contributed by atoms with E-state index in [1.807, 2.05) is 12.1 Å². The van der Waals surface area contributed by atoms with Crippen molar-refractivity contribution in [3.8, 4) is 0 Å². The van der Waals surface area contributed by atoms with Gasteiger partial charge in [0.05, 0.1) is 23.5 Å². The number of esters is 1. The van der Waals surface area contributed by atoms with Crippen molar-refractivity contribution in [1.82, 2.24) is 10.3 Å². The zero-order valence-electron chi connectivity index (χ0n) is 17.8. The molecule has 10 heteroatoms. The van der Waals surface area contributed by atoms with Crippen LogP contribution in [0.25, 0.3) is 10.9 Å². The number of carbonyl (C=O) groups is 3. The minimum Gasteiger partial charge on any atom is -0.466 e. The number of primary amides is 1. The van der Waals surface area contributed by atoms with Gasteiger partial charge in [-0.25, -0.2) is 4.98 Å². The molecule has 3 N–H and O–H groups in total. The third kappa shape index (κ3) is 5.67. The van der Waals surface area contributed by atoms with E-state index in [0.29, 0.717) is 11.1 Å². The first-order valence-electron chi connectivity index (χ1n) is 10.2. The van der Waals surface area contributed by atoms with Gasteiger partial charge in [0, 0.05) is 23.4 Å². The van der Waals surface area contributed by atoms with Crippen LogP contribution in [0.5, 0.6) is 0 Å². The molecule has 1 aromatic heterocycles. The standard InChI is InChI=1S/C23H22N4O6/c1-2-33-20(28)13-17(14-7-10-16(11-8-14)27(31)32)21(22(24)29)26-23(30)19-12-9-15-5-3-4-6-18(15)25-19/h3-12,17,21H,2,13H2,1H3,(H2,24,29)(H,26,30)/t17-,21-/m0/s1. The van der Waals surface area contributed by atoms with E-state index >= 15 is 0 Å². The van der Waals surface area contributed by atoms with Crippen LogP contribution < -0.4 is 11.1 Å². The molecule has 0 aliphatic carbocycles. The van der Waals surface area contributed by atoms with E-state index in [0.717, 1.165) is 5.39 Å². The SMILES string of the molecule is CCOC(=O)C[C@@H](c1ccc([N+](=O)[O-])cc1)[C@H](NC(=O)c1ccc2ccccc2n1)C(N)=O. The second kappa shape index (κ2) is 10.3. The Morgan fingerprint density at radius 3 is 2.42 bits per heavy atom. The minimum absolute atomic E-state index is 0.0681. The number of carbonyl (C=O) groups excluding carboxylic acids is 3. The predicted octanol–water partition coefficient (Wildman–Crippen LogP) is 2.46. The van der Waals surface area contributed by atoms with E-state index in [-0.39, 0.29) is 24.4 Å². The minimum atomic E-state index is -1.29. The number of rotatable bonds is 9.